The Morgan fingerprint density at radius 2 is 2.05 bits per heavy atom. The largest absolute Gasteiger partial charge is 0.497 e. The lowest BCUT2D eigenvalue weighted by molar-refractivity contribution is -0.120. The van der Waals surface area contributed by atoms with Crippen LogP contribution in [0.3, 0.4) is 0 Å². The van der Waals surface area contributed by atoms with E-state index in [9.17, 15) is 4.79 Å². The molecule has 2 aromatic rings. The van der Waals surface area contributed by atoms with Gasteiger partial charge in [-0.3, -0.25) is 4.79 Å². The van der Waals surface area contributed by atoms with Crippen LogP contribution in [0.25, 0.3) is 11.3 Å². The molecule has 0 saturated carbocycles. The Bertz CT molecular complexity index is 677. The first kappa shape index (κ1) is 16.3. The minimum absolute atomic E-state index is 0.286. The number of hydrogen-bond donors (Lipinski definition) is 2. The average Bonchev–Trinajstić information content (AvgIpc) is 2.94. The van der Waals surface area contributed by atoms with Crippen LogP contribution in [0.2, 0.25) is 0 Å². The third-order valence-corrected chi connectivity index (χ3v) is 3.75. The Labute approximate surface area is 133 Å². The summed E-state index contributed by atoms with van der Waals surface area (Å²) in [6, 6.07) is 5.47. The quantitative estimate of drug-likeness (QED) is 0.883. The molecule has 0 spiro atoms. The number of anilines is 1. The van der Waals surface area contributed by atoms with Crippen LogP contribution in [0.15, 0.2) is 23.6 Å². The molecule has 6 nitrogen and oxygen atoms in total. The maximum Gasteiger partial charge on any atom is 0.245 e. The van der Waals surface area contributed by atoms with Gasteiger partial charge in [0.25, 0.3) is 0 Å². The van der Waals surface area contributed by atoms with Crippen molar-refractivity contribution in [2.75, 3.05) is 19.5 Å². The van der Waals surface area contributed by atoms with Crippen molar-refractivity contribution in [1.29, 1.82) is 0 Å². The zero-order chi connectivity index (χ0) is 16.3. The molecule has 22 heavy (non-hydrogen) atoms. The van der Waals surface area contributed by atoms with Crippen LogP contribution < -0.4 is 20.5 Å². The number of ether oxygens (including phenoxy) is 2. The van der Waals surface area contributed by atoms with E-state index in [1.54, 1.807) is 28.1 Å². The molecule has 1 heterocycles. The molecule has 0 aliphatic carbocycles. The van der Waals surface area contributed by atoms with E-state index < -0.39 is 5.54 Å². The van der Waals surface area contributed by atoms with E-state index in [-0.39, 0.29) is 5.91 Å². The second kappa shape index (κ2) is 6.33. The molecule has 0 saturated heterocycles. The molecule has 3 N–H and O–H groups in total. The van der Waals surface area contributed by atoms with Crippen molar-refractivity contribution in [2.45, 2.75) is 19.4 Å². The molecule has 1 amide bonds. The number of carbonyl (C=O) groups is 1. The highest BCUT2D eigenvalue weighted by Crippen LogP contribution is 2.35. The molecule has 0 bridgehead atoms. The lowest BCUT2D eigenvalue weighted by Gasteiger charge is -2.16. The lowest BCUT2D eigenvalue weighted by Crippen LogP contribution is -2.45. The zero-order valence-electron chi connectivity index (χ0n) is 13.0. The van der Waals surface area contributed by atoms with Crippen molar-refractivity contribution >= 4 is 22.4 Å². The number of benzene rings is 1. The summed E-state index contributed by atoms with van der Waals surface area (Å²) in [7, 11) is 3.19. The first-order valence-electron chi connectivity index (χ1n) is 6.63. The van der Waals surface area contributed by atoms with Gasteiger partial charge in [-0.2, -0.15) is 0 Å². The Morgan fingerprint density at radius 1 is 1.32 bits per heavy atom. The van der Waals surface area contributed by atoms with Gasteiger partial charge in [-0.25, -0.2) is 4.98 Å². The van der Waals surface area contributed by atoms with Crippen molar-refractivity contribution in [3.8, 4) is 22.8 Å². The normalized spacial score (nSPS) is 11.1. The molecule has 1 aromatic heterocycles. The van der Waals surface area contributed by atoms with Crippen molar-refractivity contribution < 1.29 is 14.3 Å². The first-order valence-corrected chi connectivity index (χ1v) is 7.51. The Kier molecular flexibility index (Phi) is 4.68. The highest BCUT2D eigenvalue weighted by atomic mass is 32.1. The third kappa shape index (κ3) is 3.55. The predicted molar refractivity (Wildman–Crippen MR) is 87.6 cm³/mol. The number of hydrogen-bond acceptors (Lipinski definition) is 6. The van der Waals surface area contributed by atoms with Gasteiger partial charge < -0.3 is 20.5 Å². The number of nitrogens with one attached hydrogen (secondary N) is 1. The summed E-state index contributed by atoms with van der Waals surface area (Å²) in [5.41, 5.74) is 6.29. The molecule has 118 valence electrons. The molecular formula is C15H19N3O3S. The fourth-order valence-corrected chi connectivity index (χ4v) is 2.43. The molecule has 0 unspecified atom stereocenters. The van der Waals surface area contributed by atoms with Gasteiger partial charge in [0.1, 0.15) is 11.5 Å². The molecule has 0 aliphatic heterocycles. The smallest absolute Gasteiger partial charge is 0.245 e. The lowest BCUT2D eigenvalue weighted by atomic mass is 10.1. The van der Waals surface area contributed by atoms with Gasteiger partial charge >= 0.3 is 0 Å². The van der Waals surface area contributed by atoms with E-state index >= 15 is 0 Å². The summed E-state index contributed by atoms with van der Waals surface area (Å²) in [4.78, 5) is 16.3. The summed E-state index contributed by atoms with van der Waals surface area (Å²) < 4.78 is 10.6. The summed E-state index contributed by atoms with van der Waals surface area (Å²) in [6.07, 6.45) is 0. The fraction of sp³-hybridized carbons (Fsp3) is 0.333. The van der Waals surface area contributed by atoms with Crippen molar-refractivity contribution in [3.63, 3.8) is 0 Å². The van der Waals surface area contributed by atoms with Crippen LogP contribution >= 0.6 is 11.3 Å². The van der Waals surface area contributed by atoms with E-state index in [2.05, 4.69) is 10.3 Å². The number of nitrogens with two attached hydrogens (primary N) is 1. The fourth-order valence-electron chi connectivity index (χ4n) is 1.73. The third-order valence-electron chi connectivity index (χ3n) is 2.99. The molecular weight excluding hydrogens is 302 g/mol. The van der Waals surface area contributed by atoms with Crippen molar-refractivity contribution in [1.82, 2.24) is 4.98 Å². The van der Waals surface area contributed by atoms with Crippen LogP contribution in [-0.2, 0) is 4.79 Å². The topological polar surface area (TPSA) is 86.5 Å². The molecule has 0 radical (unpaired) electrons. The van der Waals surface area contributed by atoms with Crippen LogP contribution in [0.1, 0.15) is 13.8 Å². The monoisotopic (exact) mass is 321 g/mol. The van der Waals surface area contributed by atoms with Gasteiger partial charge in [0, 0.05) is 10.9 Å². The predicted octanol–water partition coefficient (Wildman–Crippen LogP) is 2.50. The van der Waals surface area contributed by atoms with Crippen LogP contribution in [0, 0.1) is 0 Å². The number of methoxy groups -OCH3 is 2. The van der Waals surface area contributed by atoms with Gasteiger partial charge in [0.2, 0.25) is 5.91 Å². The van der Waals surface area contributed by atoms with Gasteiger partial charge in [0.15, 0.2) is 5.13 Å². The van der Waals surface area contributed by atoms with Crippen molar-refractivity contribution in [2.24, 2.45) is 5.73 Å². The first-order chi connectivity index (χ1) is 10.3. The molecule has 7 heteroatoms. The van der Waals surface area contributed by atoms with E-state index in [4.69, 9.17) is 15.2 Å². The van der Waals surface area contributed by atoms with E-state index in [0.29, 0.717) is 22.3 Å². The van der Waals surface area contributed by atoms with Crippen LogP contribution in [0.5, 0.6) is 11.5 Å². The molecule has 0 atom stereocenters. The summed E-state index contributed by atoms with van der Waals surface area (Å²) in [6.45, 7) is 3.28. The maximum atomic E-state index is 11.9. The highest BCUT2D eigenvalue weighted by Gasteiger charge is 2.23. The number of rotatable bonds is 5. The zero-order valence-corrected chi connectivity index (χ0v) is 13.8. The van der Waals surface area contributed by atoms with Crippen LogP contribution in [0.4, 0.5) is 5.13 Å². The molecule has 2 rings (SSSR count). The number of aromatic nitrogens is 1. The molecule has 0 fully saturated rings. The summed E-state index contributed by atoms with van der Waals surface area (Å²) >= 11 is 1.33. The summed E-state index contributed by atoms with van der Waals surface area (Å²) in [5, 5.41) is 5.04. The van der Waals surface area contributed by atoms with Gasteiger partial charge in [-0.05, 0) is 32.0 Å². The minimum Gasteiger partial charge on any atom is -0.497 e. The van der Waals surface area contributed by atoms with Gasteiger partial charge in [-0.15, -0.1) is 11.3 Å². The highest BCUT2D eigenvalue weighted by molar-refractivity contribution is 7.14. The minimum atomic E-state index is -0.959. The Morgan fingerprint density at radius 3 is 2.64 bits per heavy atom. The standard InChI is InChI=1S/C15H19N3O3S/c1-15(2,16)13(19)18-14-17-11(8-22-14)10-7-9(20-3)5-6-12(10)21-4/h5-8H,16H2,1-4H3,(H,17,18,19). The van der Waals surface area contributed by atoms with E-state index in [0.717, 1.165) is 5.56 Å². The number of thiazole rings is 1. The Balaban J connectivity index is 2.30. The van der Waals surface area contributed by atoms with Gasteiger partial charge in [-0.1, -0.05) is 0 Å². The Hall–Kier alpha value is -2.12. The number of nitrogens with zero attached hydrogens (tertiary/aromatic N) is 1. The van der Waals surface area contributed by atoms with Gasteiger partial charge in [0.05, 0.1) is 25.5 Å². The van der Waals surface area contributed by atoms with Crippen molar-refractivity contribution in [3.05, 3.63) is 23.6 Å². The molecule has 0 aliphatic rings. The molecule has 1 aromatic carbocycles. The number of amides is 1. The second-order valence-corrected chi connectivity index (χ2v) is 6.14. The second-order valence-electron chi connectivity index (χ2n) is 5.28. The maximum absolute atomic E-state index is 11.9. The SMILES string of the molecule is COc1ccc(OC)c(-c2csc(NC(=O)C(C)(C)N)n2)c1. The van der Waals surface area contributed by atoms with E-state index in [1.807, 2.05) is 23.6 Å². The summed E-state index contributed by atoms with van der Waals surface area (Å²) in [5.74, 6) is 1.10. The number of carbonyl (C=O) groups excluding carboxylic acids is 1. The van der Waals surface area contributed by atoms with Crippen LogP contribution in [-0.4, -0.2) is 30.6 Å². The van der Waals surface area contributed by atoms with E-state index in [1.165, 1.54) is 11.3 Å². The average molecular weight is 321 g/mol.